The maximum absolute atomic E-state index is 12.1. The highest BCUT2D eigenvalue weighted by Gasteiger charge is 2.26. The van der Waals surface area contributed by atoms with Gasteiger partial charge >= 0.3 is 0 Å². The summed E-state index contributed by atoms with van der Waals surface area (Å²) in [5.74, 6) is 1.39. The van der Waals surface area contributed by atoms with Crippen molar-refractivity contribution < 1.29 is 4.79 Å². The predicted molar refractivity (Wildman–Crippen MR) is 94.1 cm³/mol. The second-order valence-corrected chi connectivity index (χ2v) is 7.29. The molecule has 0 radical (unpaired) electrons. The van der Waals surface area contributed by atoms with E-state index < -0.39 is 0 Å². The van der Waals surface area contributed by atoms with Gasteiger partial charge in [0.1, 0.15) is 11.5 Å². The fourth-order valence-electron chi connectivity index (χ4n) is 3.76. The minimum absolute atomic E-state index is 0.131. The van der Waals surface area contributed by atoms with Gasteiger partial charge in [0.05, 0.1) is 24.6 Å². The minimum atomic E-state index is -0.131. The molecular weight excluding hydrogens is 316 g/mol. The third kappa shape index (κ3) is 3.23. The Balaban J connectivity index is 1.46. The molecule has 0 aromatic carbocycles. The molecule has 1 saturated carbocycles. The van der Waals surface area contributed by atoms with Gasteiger partial charge in [-0.3, -0.25) is 14.5 Å². The van der Waals surface area contributed by atoms with E-state index in [1.807, 2.05) is 0 Å². The Morgan fingerprint density at radius 2 is 2.04 bits per heavy atom. The van der Waals surface area contributed by atoms with Crippen LogP contribution in [-0.2, 0) is 19.6 Å². The third-order valence-corrected chi connectivity index (χ3v) is 5.12. The number of carbonyl (C=O) groups excluding carboxylic acids is 1. The van der Waals surface area contributed by atoms with Crippen LogP contribution in [0.1, 0.15) is 47.4 Å². The maximum atomic E-state index is 12.1. The Morgan fingerprint density at radius 1 is 1.24 bits per heavy atom. The smallest absolute Gasteiger partial charge is 0.273 e. The number of hydrogen-bond donors (Lipinski definition) is 0. The fraction of sp³-hybridized carbons (Fsp3) is 0.556. The van der Waals surface area contributed by atoms with Crippen molar-refractivity contribution in [1.29, 1.82) is 0 Å². The zero-order valence-electron chi connectivity index (χ0n) is 14.9. The second-order valence-electron chi connectivity index (χ2n) is 7.29. The number of rotatable bonds is 4. The first kappa shape index (κ1) is 16.1. The molecule has 0 bridgehead atoms. The van der Waals surface area contributed by atoms with Crippen LogP contribution >= 0.6 is 0 Å². The molecule has 132 valence electrons. The highest BCUT2D eigenvalue weighted by atomic mass is 16.2. The number of hydrogen-bond acceptors (Lipinski definition) is 5. The van der Waals surface area contributed by atoms with Gasteiger partial charge in [0.2, 0.25) is 0 Å². The summed E-state index contributed by atoms with van der Waals surface area (Å²) in [7, 11) is 3.44. The van der Waals surface area contributed by atoms with Gasteiger partial charge < -0.3 is 9.80 Å². The highest BCUT2D eigenvalue weighted by Crippen LogP contribution is 2.29. The molecule has 7 heteroatoms. The van der Waals surface area contributed by atoms with Gasteiger partial charge in [0.25, 0.3) is 5.91 Å². The van der Waals surface area contributed by atoms with Crippen molar-refractivity contribution in [3.63, 3.8) is 0 Å². The first-order chi connectivity index (χ1) is 12.1. The van der Waals surface area contributed by atoms with Crippen molar-refractivity contribution in [3.8, 4) is 0 Å². The molecule has 0 spiro atoms. The summed E-state index contributed by atoms with van der Waals surface area (Å²) in [6.45, 7) is 2.54. The molecule has 0 unspecified atom stereocenters. The number of amides is 1. The topological polar surface area (TPSA) is 67.2 Å². The quantitative estimate of drug-likeness (QED) is 0.852. The average Bonchev–Trinajstić information content (AvgIpc) is 3.31. The Bertz CT molecular complexity index is 754. The van der Waals surface area contributed by atoms with Crippen molar-refractivity contribution in [2.24, 2.45) is 5.92 Å². The fourth-order valence-corrected chi connectivity index (χ4v) is 3.76. The van der Waals surface area contributed by atoms with Crippen LogP contribution in [0.15, 0.2) is 18.6 Å². The molecule has 1 fully saturated rings. The molecule has 1 aliphatic carbocycles. The van der Waals surface area contributed by atoms with E-state index >= 15 is 0 Å². The SMILES string of the molecule is CN(C)C(=O)c1cncc(N2Cc3cn(CC4CCCC4)nc3C2)n1. The van der Waals surface area contributed by atoms with Gasteiger partial charge in [-0.25, -0.2) is 4.98 Å². The lowest BCUT2D eigenvalue weighted by Gasteiger charge is -2.18. The summed E-state index contributed by atoms with van der Waals surface area (Å²) in [5, 5.41) is 4.77. The van der Waals surface area contributed by atoms with Crippen LogP contribution in [0.25, 0.3) is 0 Å². The Labute approximate surface area is 147 Å². The van der Waals surface area contributed by atoms with Crippen molar-refractivity contribution in [2.75, 3.05) is 19.0 Å². The highest BCUT2D eigenvalue weighted by molar-refractivity contribution is 5.91. The molecular formula is C18H24N6O. The van der Waals surface area contributed by atoms with Crippen molar-refractivity contribution in [1.82, 2.24) is 24.6 Å². The van der Waals surface area contributed by atoms with Gasteiger partial charge in [-0.05, 0) is 18.8 Å². The average molecular weight is 340 g/mol. The standard InChI is InChI=1S/C18H24N6O/c1-22(2)18(25)15-7-19-8-17(20-15)23-10-14-11-24(21-16(14)12-23)9-13-5-3-4-6-13/h7-8,11,13H,3-6,9-10,12H2,1-2H3. The summed E-state index contributed by atoms with van der Waals surface area (Å²) >= 11 is 0. The van der Waals surface area contributed by atoms with Gasteiger partial charge in [0.15, 0.2) is 0 Å². The predicted octanol–water partition coefficient (Wildman–Crippen LogP) is 2.09. The van der Waals surface area contributed by atoms with Crippen LogP contribution in [0.5, 0.6) is 0 Å². The molecule has 3 heterocycles. The molecule has 2 aromatic heterocycles. The van der Waals surface area contributed by atoms with Crippen LogP contribution in [0.3, 0.4) is 0 Å². The van der Waals surface area contributed by atoms with Crippen LogP contribution < -0.4 is 4.90 Å². The third-order valence-electron chi connectivity index (χ3n) is 5.12. The summed E-state index contributed by atoms with van der Waals surface area (Å²) in [6, 6.07) is 0. The molecule has 7 nitrogen and oxygen atoms in total. The van der Waals surface area contributed by atoms with Gasteiger partial charge in [0, 0.05) is 38.9 Å². The number of nitrogens with zero attached hydrogens (tertiary/aromatic N) is 6. The van der Waals surface area contributed by atoms with Crippen LogP contribution in [-0.4, -0.2) is 44.7 Å². The van der Waals surface area contributed by atoms with E-state index in [1.165, 1.54) is 42.3 Å². The van der Waals surface area contributed by atoms with Gasteiger partial charge in [-0.15, -0.1) is 0 Å². The van der Waals surface area contributed by atoms with E-state index in [4.69, 9.17) is 5.10 Å². The molecule has 2 aliphatic rings. The molecule has 0 N–H and O–H groups in total. The van der Waals surface area contributed by atoms with Crippen molar-refractivity contribution in [3.05, 3.63) is 35.5 Å². The van der Waals surface area contributed by atoms with E-state index in [0.29, 0.717) is 5.69 Å². The monoisotopic (exact) mass is 340 g/mol. The minimum Gasteiger partial charge on any atom is -0.345 e. The molecule has 0 atom stereocenters. The number of anilines is 1. The van der Waals surface area contributed by atoms with E-state index in [9.17, 15) is 4.79 Å². The normalized spacial score (nSPS) is 17.1. The molecule has 25 heavy (non-hydrogen) atoms. The van der Waals surface area contributed by atoms with Gasteiger partial charge in [-0.1, -0.05) is 12.8 Å². The Morgan fingerprint density at radius 3 is 2.76 bits per heavy atom. The van der Waals surface area contributed by atoms with E-state index in [-0.39, 0.29) is 5.91 Å². The second kappa shape index (κ2) is 6.46. The van der Waals surface area contributed by atoms with Crippen LogP contribution in [0.4, 0.5) is 5.82 Å². The lowest BCUT2D eigenvalue weighted by atomic mass is 10.1. The maximum Gasteiger partial charge on any atom is 0.273 e. The zero-order valence-corrected chi connectivity index (χ0v) is 14.9. The number of aromatic nitrogens is 4. The van der Waals surface area contributed by atoms with Gasteiger partial charge in [-0.2, -0.15) is 5.10 Å². The summed E-state index contributed by atoms with van der Waals surface area (Å²) in [5.41, 5.74) is 2.74. The largest absolute Gasteiger partial charge is 0.345 e. The lowest BCUT2D eigenvalue weighted by molar-refractivity contribution is 0.0821. The van der Waals surface area contributed by atoms with E-state index in [1.54, 1.807) is 20.3 Å². The molecule has 1 amide bonds. The number of fused-ring (bicyclic) bond motifs is 1. The van der Waals surface area contributed by atoms with Crippen molar-refractivity contribution in [2.45, 2.75) is 45.3 Å². The Hall–Kier alpha value is -2.44. The molecule has 1 aliphatic heterocycles. The first-order valence-corrected chi connectivity index (χ1v) is 8.94. The molecule has 0 saturated heterocycles. The van der Waals surface area contributed by atoms with E-state index in [2.05, 4.69) is 25.7 Å². The van der Waals surface area contributed by atoms with Crippen LogP contribution in [0, 0.1) is 5.92 Å². The molecule has 2 aromatic rings. The first-order valence-electron chi connectivity index (χ1n) is 8.94. The molecule has 4 rings (SSSR count). The van der Waals surface area contributed by atoms with E-state index in [0.717, 1.165) is 37.1 Å². The zero-order chi connectivity index (χ0) is 17.4. The summed E-state index contributed by atoms with van der Waals surface area (Å²) < 4.78 is 2.12. The van der Waals surface area contributed by atoms with Crippen LogP contribution in [0.2, 0.25) is 0 Å². The summed E-state index contributed by atoms with van der Waals surface area (Å²) in [4.78, 5) is 24.4. The lowest BCUT2D eigenvalue weighted by Crippen LogP contribution is -2.25. The summed E-state index contributed by atoms with van der Waals surface area (Å²) in [6.07, 6.45) is 10.8. The Kier molecular flexibility index (Phi) is 4.15. The van der Waals surface area contributed by atoms with Crippen molar-refractivity contribution >= 4 is 11.7 Å². The number of carbonyl (C=O) groups is 1.